The lowest BCUT2D eigenvalue weighted by molar-refractivity contribution is 0.568. The maximum atomic E-state index is 9.89. The molecule has 0 aromatic heterocycles. The van der Waals surface area contributed by atoms with Crippen LogP contribution in [0.4, 0.5) is 0 Å². The molecule has 0 fully saturated rings. The normalized spacial score (nSPS) is 10.9. The van der Waals surface area contributed by atoms with Crippen LogP contribution in [0.5, 0.6) is 0 Å². The summed E-state index contributed by atoms with van der Waals surface area (Å²) in [6.45, 7) is 8.08. The molecule has 1 heteroatoms. The Morgan fingerprint density at radius 3 is 2.57 bits per heavy atom. The maximum Gasteiger partial charge on any atom is 0.120 e. The predicted octanol–water partition coefficient (Wildman–Crippen LogP) is 3.85. The van der Waals surface area contributed by atoms with Gasteiger partial charge in [0.15, 0.2) is 0 Å². The van der Waals surface area contributed by atoms with Crippen molar-refractivity contribution in [1.82, 2.24) is 0 Å². The number of allylic oxidation sites excluding steroid dienone is 4. The summed E-state index contributed by atoms with van der Waals surface area (Å²) < 4.78 is 0. The van der Waals surface area contributed by atoms with Gasteiger partial charge in [-0.25, -0.2) is 4.79 Å². The maximum absolute atomic E-state index is 9.89. The Hall–Kier alpha value is -1.07. The lowest BCUT2D eigenvalue weighted by atomic mass is 10.1. The summed E-state index contributed by atoms with van der Waals surface area (Å²) >= 11 is 0. The standard InChI is InChI=1S/C13H20O/c1-12(2)8-7-10-13(3)9-5-4-6-11-14/h6,9H,1,4-5,7-8,10H2,2-3H3. The highest BCUT2D eigenvalue weighted by atomic mass is 16.1. The van der Waals surface area contributed by atoms with E-state index in [9.17, 15) is 4.79 Å². The molecule has 0 saturated carbocycles. The van der Waals surface area contributed by atoms with E-state index in [2.05, 4.69) is 26.5 Å². The molecule has 78 valence electrons. The molecule has 0 aromatic carbocycles. The third-order valence-corrected chi connectivity index (χ3v) is 2.06. The summed E-state index contributed by atoms with van der Waals surface area (Å²) in [7, 11) is 0. The van der Waals surface area contributed by atoms with Gasteiger partial charge in [-0.05, 0) is 46.0 Å². The lowest BCUT2D eigenvalue weighted by Gasteiger charge is -2.00. The van der Waals surface area contributed by atoms with Crippen molar-refractivity contribution in [3.05, 3.63) is 29.9 Å². The number of unbranched alkanes of at least 4 members (excludes halogenated alkanes) is 1. The van der Waals surface area contributed by atoms with Gasteiger partial charge in [0.2, 0.25) is 0 Å². The minimum atomic E-state index is 0.807. The molecule has 0 aliphatic heterocycles. The predicted molar refractivity (Wildman–Crippen MR) is 61.9 cm³/mol. The van der Waals surface area contributed by atoms with Crippen molar-refractivity contribution in [3.63, 3.8) is 0 Å². The lowest BCUT2D eigenvalue weighted by Crippen LogP contribution is -1.81. The second-order valence-electron chi connectivity index (χ2n) is 3.76. The minimum absolute atomic E-state index is 0.807. The number of carbonyl (C=O) groups excluding carboxylic acids is 1. The molecule has 0 radical (unpaired) electrons. The largest absolute Gasteiger partial charge is 0.234 e. The average molecular weight is 192 g/mol. The second kappa shape index (κ2) is 8.52. The van der Waals surface area contributed by atoms with Crippen LogP contribution in [-0.2, 0) is 4.79 Å². The summed E-state index contributed by atoms with van der Waals surface area (Å²) in [5.41, 5.74) is 2.66. The molecule has 0 atom stereocenters. The molecule has 1 nitrogen and oxygen atoms in total. The van der Waals surface area contributed by atoms with E-state index >= 15 is 0 Å². The van der Waals surface area contributed by atoms with Crippen LogP contribution in [0.1, 0.15) is 46.0 Å². The van der Waals surface area contributed by atoms with Crippen molar-refractivity contribution in [3.8, 4) is 0 Å². The molecule has 0 bridgehead atoms. The SMILES string of the molecule is C=C(C)CCCC(C)=CCCC=C=O. The third kappa shape index (κ3) is 9.02. The van der Waals surface area contributed by atoms with Crippen LogP contribution in [-0.4, -0.2) is 5.94 Å². The first-order valence-corrected chi connectivity index (χ1v) is 5.16. The van der Waals surface area contributed by atoms with Crippen molar-refractivity contribution in [2.24, 2.45) is 0 Å². The minimum Gasteiger partial charge on any atom is -0.234 e. The highest BCUT2D eigenvalue weighted by molar-refractivity contribution is 5.44. The molecular formula is C13H20O. The van der Waals surface area contributed by atoms with Crippen LogP contribution in [0.3, 0.4) is 0 Å². The van der Waals surface area contributed by atoms with Gasteiger partial charge < -0.3 is 0 Å². The first kappa shape index (κ1) is 12.9. The zero-order valence-corrected chi connectivity index (χ0v) is 9.31. The Morgan fingerprint density at radius 2 is 2.00 bits per heavy atom. The highest BCUT2D eigenvalue weighted by Crippen LogP contribution is 2.11. The number of rotatable bonds is 7. The molecule has 0 aliphatic rings. The molecule has 0 amide bonds. The summed E-state index contributed by atoms with van der Waals surface area (Å²) in [5, 5.41) is 0. The van der Waals surface area contributed by atoms with Crippen LogP contribution in [0.2, 0.25) is 0 Å². The summed E-state index contributed by atoms with van der Waals surface area (Å²) in [6, 6.07) is 0. The van der Waals surface area contributed by atoms with Gasteiger partial charge in [-0.3, -0.25) is 0 Å². The van der Waals surface area contributed by atoms with Gasteiger partial charge in [-0.2, -0.15) is 0 Å². The van der Waals surface area contributed by atoms with Crippen LogP contribution < -0.4 is 0 Å². The molecule has 0 aliphatic carbocycles. The van der Waals surface area contributed by atoms with Gasteiger partial charge in [0.1, 0.15) is 5.94 Å². The molecule has 0 unspecified atom stereocenters. The Labute approximate surface area is 87.2 Å². The average Bonchev–Trinajstić information content (AvgIpc) is 2.12. The van der Waals surface area contributed by atoms with E-state index in [1.165, 1.54) is 23.6 Å². The molecule has 0 spiro atoms. The van der Waals surface area contributed by atoms with E-state index < -0.39 is 0 Å². The Balaban J connectivity index is 3.56. The van der Waals surface area contributed by atoms with E-state index in [1.807, 2.05) is 0 Å². The fraction of sp³-hybridized carbons (Fsp3) is 0.538. The molecule has 0 heterocycles. The molecular weight excluding hydrogens is 172 g/mol. The van der Waals surface area contributed by atoms with Crippen molar-refractivity contribution in [1.29, 1.82) is 0 Å². The number of hydrogen-bond donors (Lipinski definition) is 0. The van der Waals surface area contributed by atoms with E-state index in [-0.39, 0.29) is 0 Å². The summed E-state index contributed by atoms with van der Waals surface area (Å²) in [6.07, 6.45) is 8.93. The van der Waals surface area contributed by atoms with Crippen molar-refractivity contribution in [2.45, 2.75) is 46.0 Å². The van der Waals surface area contributed by atoms with Gasteiger partial charge in [0, 0.05) is 6.08 Å². The van der Waals surface area contributed by atoms with Crippen LogP contribution in [0, 0.1) is 0 Å². The topological polar surface area (TPSA) is 17.1 Å². The Bertz CT molecular complexity index is 242. The van der Waals surface area contributed by atoms with Gasteiger partial charge in [-0.1, -0.05) is 17.2 Å². The second-order valence-corrected chi connectivity index (χ2v) is 3.76. The van der Waals surface area contributed by atoms with Gasteiger partial charge in [0.25, 0.3) is 0 Å². The molecule has 0 aromatic rings. The zero-order valence-electron chi connectivity index (χ0n) is 9.31. The fourth-order valence-corrected chi connectivity index (χ4v) is 1.24. The Kier molecular flexibility index (Phi) is 7.87. The van der Waals surface area contributed by atoms with Crippen molar-refractivity contribution < 1.29 is 4.79 Å². The van der Waals surface area contributed by atoms with E-state index in [1.54, 1.807) is 5.94 Å². The van der Waals surface area contributed by atoms with Crippen LogP contribution >= 0.6 is 0 Å². The first-order chi connectivity index (χ1) is 6.66. The van der Waals surface area contributed by atoms with Gasteiger partial charge in [0.05, 0.1) is 0 Å². The quantitative estimate of drug-likeness (QED) is 0.340. The van der Waals surface area contributed by atoms with Gasteiger partial charge >= 0.3 is 0 Å². The van der Waals surface area contributed by atoms with Crippen LogP contribution in [0.25, 0.3) is 0 Å². The Morgan fingerprint density at radius 1 is 1.29 bits per heavy atom. The smallest absolute Gasteiger partial charge is 0.120 e. The monoisotopic (exact) mass is 192 g/mol. The van der Waals surface area contributed by atoms with Crippen molar-refractivity contribution in [2.75, 3.05) is 0 Å². The zero-order chi connectivity index (χ0) is 10.8. The summed E-state index contributed by atoms with van der Waals surface area (Å²) in [4.78, 5) is 9.89. The van der Waals surface area contributed by atoms with E-state index in [4.69, 9.17) is 0 Å². The van der Waals surface area contributed by atoms with E-state index in [0.717, 1.165) is 25.7 Å². The van der Waals surface area contributed by atoms with Crippen LogP contribution in [0.15, 0.2) is 29.9 Å². The fourth-order valence-electron chi connectivity index (χ4n) is 1.24. The molecule has 0 rings (SSSR count). The van der Waals surface area contributed by atoms with Gasteiger partial charge in [-0.15, -0.1) is 6.58 Å². The third-order valence-electron chi connectivity index (χ3n) is 2.06. The van der Waals surface area contributed by atoms with Crippen molar-refractivity contribution >= 4 is 5.94 Å². The molecule has 14 heavy (non-hydrogen) atoms. The molecule has 0 saturated heterocycles. The molecule has 0 N–H and O–H groups in total. The highest BCUT2D eigenvalue weighted by Gasteiger charge is 1.91. The van der Waals surface area contributed by atoms with E-state index in [0.29, 0.717) is 0 Å². The summed E-state index contributed by atoms with van der Waals surface area (Å²) in [5.74, 6) is 1.78. The first-order valence-electron chi connectivity index (χ1n) is 5.16. The number of hydrogen-bond acceptors (Lipinski definition) is 1.